The van der Waals surface area contributed by atoms with Gasteiger partial charge in [0, 0.05) is 37.4 Å². The van der Waals surface area contributed by atoms with Crippen molar-refractivity contribution in [3.63, 3.8) is 0 Å². The van der Waals surface area contributed by atoms with Gasteiger partial charge in [-0.25, -0.2) is 14.5 Å². The Bertz CT molecular complexity index is 2660. The lowest BCUT2D eigenvalue weighted by molar-refractivity contribution is -0.0523. The number of ether oxygens (including phenoxy) is 5. The van der Waals surface area contributed by atoms with Gasteiger partial charge in [0.2, 0.25) is 7.59 Å². The summed E-state index contributed by atoms with van der Waals surface area (Å²) in [5, 5.41) is -0.566. The monoisotopic (exact) mass is 1170 g/mol. The van der Waals surface area contributed by atoms with Gasteiger partial charge in [-0.2, -0.15) is 21.6 Å². The van der Waals surface area contributed by atoms with E-state index in [0.717, 1.165) is 21.6 Å². The minimum absolute atomic E-state index is 0.0230. The van der Waals surface area contributed by atoms with Gasteiger partial charge in [0.1, 0.15) is 24.7 Å². The highest BCUT2D eigenvalue weighted by molar-refractivity contribution is 7.87. The number of hydrogen-bond acceptors (Lipinski definition) is 13. The van der Waals surface area contributed by atoms with Gasteiger partial charge in [-0.05, 0) is 63.0 Å². The summed E-state index contributed by atoms with van der Waals surface area (Å²) in [6.45, 7) is 13.1. The second-order valence-electron chi connectivity index (χ2n) is 18.8. The van der Waals surface area contributed by atoms with Crippen LogP contribution in [0.5, 0.6) is 17.2 Å². The van der Waals surface area contributed by atoms with Crippen molar-refractivity contribution in [2.75, 3.05) is 43.3 Å². The topological polar surface area (TPSA) is 180 Å². The van der Waals surface area contributed by atoms with Crippen LogP contribution in [-0.4, -0.2) is 122 Å². The maximum absolute atomic E-state index is 14.5. The fourth-order valence-corrected chi connectivity index (χ4v) is 10.1. The van der Waals surface area contributed by atoms with Crippen LogP contribution in [0.3, 0.4) is 0 Å². The zero-order valence-electron chi connectivity index (χ0n) is 40.1. The van der Waals surface area contributed by atoms with Crippen LogP contribution in [0.1, 0.15) is 80.2 Å². The highest BCUT2D eigenvalue weighted by Gasteiger charge is 2.54. The molecular weight excluding hydrogens is 1120 g/mol. The Morgan fingerprint density at radius 1 is 0.750 bits per heavy atom. The van der Waals surface area contributed by atoms with Crippen LogP contribution >= 0.6 is 69.6 Å². The number of alkyl halides is 9. The van der Waals surface area contributed by atoms with Crippen LogP contribution < -0.4 is 24.0 Å². The number of benzene rings is 2. The van der Waals surface area contributed by atoms with Gasteiger partial charge in [-0.1, -0.05) is 95.9 Å². The van der Waals surface area contributed by atoms with Crippen LogP contribution in [0, 0.1) is 6.92 Å². The Hall–Kier alpha value is -3.74. The molecule has 0 fully saturated rings. The van der Waals surface area contributed by atoms with Gasteiger partial charge in [0.25, 0.3) is 11.8 Å². The molecule has 72 heavy (non-hydrogen) atoms. The van der Waals surface area contributed by atoms with Gasteiger partial charge in [-0.15, -0.1) is 0 Å². The standard InChI is InChI=1S/C44H51Cl6F3N4O13SSi/c1-23-13-29-25(3)56(39(60)67-21-42(45,46)47)30-18-35(34(64-7)16-28(30)37(59)54(29)19-23)66-12-10-11-65-33-17-31-27(14-24(33)2)36(58)55-20-26(69-71(62,63)44(51,52)53)15-32(55)38(70-72(8,9)41(4,5)6)57(31)40(61)68-22-43(48,49)50/h14,16-20,25,29,32,38H,10-13,15,21-22H2,1-9H3/t25-,29-,32-,38-/m0/s1. The van der Waals surface area contributed by atoms with Gasteiger partial charge in [0.15, 0.2) is 26.0 Å². The van der Waals surface area contributed by atoms with Gasteiger partial charge >= 0.3 is 27.8 Å². The van der Waals surface area contributed by atoms with Crippen molar-refractivity contribution in [2.45, 2.75) is 116 Å². The number of amides is 4. The maximum Gasteiger partial charge on any atom is 0.534 e. The fraction of sp³-hybridized carbons (Fsp3) is 0.545. The number of hydrogen-bond donors (Lipinski definition) is 0. The molecule has 4 amide bonds. The van der Waals surface area contributed by atoms with E-state index in [1.807, 2.05) is 40.8 Å². The van der Waals surface area contributed by atoms with Gasteiger partial charge < -0.3 is 42.1 Å². The first-order valence-corrected chi connectivity index (χ1v) is 28.5. The molecule has 0 saturated heterocycles. The Balaban J connectivity index is 1.32. The quantitative estimate of drug-likeness (QED) is 0.0608. The van der Waals surface area contributed by atoms with Crippen LogP contribution in [0.4, 0.5) is 34.1 Å². The average Bonchev–Trinajstić information content (AvgIpc) is 3.82. The molecule has 0 radical (unpaired) electrons. The van der Waals surface area contributed by atoms with E-state index in [4.69, 9.17) is 97.7 Å². The molecule has 4 aliphatic rings. The summed E-state index contributed by atoms with van der Waals surface area (Å²) in [4.78, 5) is 61.5. The molecule has 0 unspecified atom stereocenters. The molecule has 2 aromatic rings. The number of carbonyl (C=O) groups excluding carboxylic acids is 4. The summed E-state index contributed by atoms with van der Waals surface area (Å²) in [6, 6.07) is 3.25. The zero-order valence-corrected chi connectivity index (χ0v) is 46.5. The highest BCUT2D eigenvalue weighted by Crippen LogP contribution is 2.47. The van der Waals surface area contributed by atoms with Crippen molar-refractivity contribution in [1.29, 1.82) is 0 Å². The normalized spacial score (nSPS) is 20.6. The number of fused-ring (bicyclic) bond motifs is 4. The van der Waals surface area contributed by atoms with E-state index in [1.54, 1.807) is 24.9 Å². The molecule has 0 spiro atoms. The lowest BCUT2D eigenvalue weighted by Gasteiger charge is -2.44. The molecule has 17 nitrogen and oxygen atoms in total. The molecule has 0 N–H and O–H groups in total. The first-order chi connectivity index (χ1) is 33.1. The third-order valence-corrected chi connectivity index (χ3v) is 18.6. The molecule has 0 aromatic heterocycles. The van der Waals surface area contributed by atoms with Crippen LogP contribution in [0.2, 0.25) is 18.1 Å². The van der Waals surface area contributed by atoms with E-state index in [2.05, 4.69) is 4.18 Å². The first-order valence-electron chi connectivity index (χ1n) is 22.0. The predicted octanol–water partition coefficient (Wildman–Crippen LogP) is 11.3. The molecule has 4 aliphatic heterocycles. The largest absolute Gasteiger partial charge is 0.534 e. The number of anilines is 2. The molecule has 4 heterocycles. The van der Waals surface area contributed by atoms with E-state index in [0.29, 0.717) is 12.0 Å². The summed E-state index contributed by atoms with van der Waals surface area (Å²) in [6.07, 6.45) is -1.06. The Kier molecular flexibility index (Phi) is 16.9. The third-order valence-electron chi connectivity index (χ3n) is 12.5. The van der Waals surface area contributed by atoms with Crippen molar-refractivity contribution >= 4 is 123 Å². The van der Waals surface area contributed by atoms with Crippen LogP contribution in [-0.2, 0) is 28.2 Å². The van der Waals surface area contributed by atoms with Gasteiger partial charge in [0.05, 0.1) is 61.0 Å². The molecule has 0 aliphatic carbocycles. The van der Waals surface area contributed by atoms with E-state index < -0.39 is 110 Å². The number of carbonyl (C=O) groups is 4. The van der Waals surface area contributed by atoms with Crippen molar-refractivity contribution in [3.05, 3.63) is 64.7 Å². The minimum Gasteiger partial charge on any atom is -0.493 e. The SMILES string of the molecule is COc1cc2c(cc1OCCCOc1cc3c(cc1C)C(=O)N1C=C(OS(=O)(=O)C(F)(F)F)C[C@H]1[C@H](O[Si](C)(C)C(C)(C)C)N3C(=O)OCC(Cl)(Cl)Cl)N(C(=O)OCC(Cl)(Cl)Cl)[C@@H](C)[C@@H]1CC(C)=CN1C2=O. The molecule has 2 aromatic carbocycles. The molecule has 0 bridgehead atoms. The molecule has 4 atom stereocenters. The van der Waals surface area contributed by atoms with E-state index in [-0.39, 0.29) is 59.4 Å². The summed E-state index contributed by atoms with van der Waals surface area (Å²) < 4.78 is 101. The summed E-state index contributed by atoms with van der Waals surface area (Å²) >= 11 is 35.6. The maximum atomic E-state index is 14.5. The van der Waals surface area contributed by atoms with E-state index >= 15 is 0 Å². The summed E-state index contributed by atoms with van der Waals surface area (Å²) in [5.41, 5.74) is -4.55. The summed E-state index contributed by atoms with van der Waals surface area (Å²) in [7, 11) is -7.84. The lowest BCUT2D eigenvalue weighted by atomic mass is 10.0. The summed E-state index contributed by atoms with van der Waals surface area (Å²) in [5.74, 6) is -1.52. The number of aryl methyl sites for hydroxylation is 1. The number of methoxy groups -OCH3 is 1. The Labute approximate surface area is 445 Å². The Morgan fingerprint density at radius 3 is 1.81 bits per heavy atom. The van der Waals surface area contributed by atoms with Gasteiger partial charge in [-0.3, -0.25) is 14.5 Å². The van der Waals surface area contributed by atoms with Crippen molar-refractivity contribution < 1.29 is 73.1 Å². The number of nitrogens with zero attached hydrogens (tertiary/aromatic N) is 4. The molecule has 28 heteroatoms. The highest BCUT2D eigenvalue weighted by atomic mass is 35.6. The van der Waals surface area contributed by atoms with Crippen LogP contribution in [0.15, 0.2) is 48.0 Å². The van der Waals surface area contributed by atoms with Crippen molar-refractivity contribution in [1.82, 2.24) is 9.80 Å². The first kappa shape index (κ1) is 57.5. The van der Waals surface area contributed by atoms with Crippen molar-refractivity contribution in [3.8, 4) is 17.2 Å². The van der Waals surface area contributed by atoms with E-state index in [1.165, 1.54) is 36.3 Å². The van der Waals surface area contributed by atoms with Crippen molar-refractivity contribution in [2.24, 2.45) is 0 Å². The second-order valence-corrected chi connectivity index (χ2v) is 30.1. The van der Waals surface area contributed by atoms with Crippen LogP contribution in [0.25, 0.3) is 0 Å². The third kappa shape index (κ3) is 12.5. The average molecular weight is 1170 g/mol. The Morgan fingerprint density at radius 2 is 1.26 bits per heavy atom. The lowest BCUT2D eigenvalue weighted by Crippen LogP contribution is -2.58. The zero-order chi connectivity index (χ0) is 53.8. The fourth-order valence-electron chi connectivity index (χ4n) is 8.03. The minimum atomic E-state index is -6.18. The molecule has 0 saturated carbocycles. The molecular formula is C44H51Cl6F3N4O13SSi. The molecule has 398 valence electrons. The predicted molar refractivity (Wildman–Crippen MR) is 267 cm³/mol. The molecule has 6 rings (SSSR count). The smallest absolute Gasteiger partial charge is 0.493 e. The second kappa shape index (κ2) is 21.1. The number of halogens is 9. The van der Waals surface area contributed by atoms with E-state index in [9.17, 15) is 40.8 Å². The number of rotatable bonds is 13.